The molecule has 1 unspecified atom stereocenters. The fraction of sp³-hybridized carbons (Fsp3) is 0.350. The molecule has 25 heavy (non-hydrogen) atoms. The van der Waals surface area contributed by atoms with Crippen LogP contribution in [0.3, 0.4) is 0 Å². The van der Waals surface area contributed by atoms with Crippen LogP contribution in [0.4, 0.5) is 0 Å². The van der Waals surface area contributed by atoms with Gasteiger partial charge in [-0.15, -0.1) is 0 Å². The normalized spacial score (nSPS) is 14.6. The number of benzene rings is 2. The molecule has 0 saturated carbocycles. The molecular formula is C20H23N3O2. The van der Waals surface area contributed by atoms with Crippen LogP contribution in [0.2, 0.25) is 0 Å². The van der Waals surface area contributed by atoms with Crippen molar-refractivity contribution in [1.82, 2.24) is 14.9 Å². The van der Waals surface area contributed by atoms with Crippen molar-refractivity contribution in [2.45, 2.75) is 33.0 Å². The molecular weight excluding hydrogens is 314 g/mol. The molecule has 5 nitrogen and oxygen atoms in total. The summed E-state index contributed by atoms with van der Waals surface area (Å²) in [4.78, 5) is 4.78. The maximum atomic E-state index is 5.68. The molecule has 3 aromatic rings. The Bertz CT molecular complexity index is 888. The Hall–Kier alpha value is -2.53. The number of ether oxygens (including phenoxy) is 2. The summed E-state index contributed by atoms with van der Waals surface area (Å²) < 4.78 is 13.5. The van der Waals surface area contributed by atoms with Gasteiger partial charge < -0.3 is 19.4 Å². The highest BCUT2D eigenvalue weighted by molar-refractivity contribution is 5.75. The lowest BCUT2D eigenvalue weighted by atomic mass is 10.1. The third-order valence-corrected chi connectivity index (χ3v) is 4.68. The van der Waals surface area contributed by atoms with Gasteiger partial charge in [-0.05, 0) is 43.7 Å². The molecule has 0 bridgehead atoms. The minimum absolute atomic E-state index is 0.195. The Morgan fingerprint density at radius 3 is 2.76 bits per heavy atom. The first-order valence-electron chi connectivity index (χ1n) is 8.83. The zero-order chi connectivity index (χ0) is 17.2. The predicted molar refractivity (Wildman–Crippen MR) is 98.1 cm³/mol. The highest BCUT2D eigenvalue weighted by atomic mass is 16.6. The van der Waals surface area contributed by atoms with Gasteiger partial charge in [-0.3, -0.25) is 0 Å². The van der Waals surface area contributed by atoms with E-state index in [1.165, 1.54) is 11.1 Å². The van der Waals surface area contributed by atoms with Gasteiger partial charge in [-0.1, -0.05) is 18.2 Å². The lowest BCUT2D eigenvalue weighted by Gasteiger charge is -2.21. The van der Waals surface area contributed by atoms with Crippen molar-refractivity contribution in [3.63, 3.8) is 0 Å². The molecule has 1 aliphatic rings. The van der Waals surface area contributed by atoms with Gasteiger partial charge in [0.2, 0.25) is 0 Å². The van der Waals surface area contributed by atoms with Crippen LogP contribution in [0.25, 0.3) is 11.0 Å². The van der Waals surface area contributed by atoms with Gasteiger partial charge >= 0.3 is 0 Å². The quantitative estimate of drug-likeness (QED) is 0.771. The Balaban J connectivity index is 1.51. The largest absolute Gasteiger partial charge is 0.486 e. The third-order valence-electron chi connectivity index (χ3n) is 4.68. The summed E-state index contributed by atoms with van der Waals surface area (Å²) in [6.45, 7) is 7.17. The van der Waals surface area contributed by atoms with Gasteiger partial charge in [-0.25, -0.2) is 4.98 Å². The molecule has 1 aromatic heterocycles. The van der Waals surface area contributed by atoms with E-state index in [1.54, 1.807) is 0 Å². The van der Waals surface area contributed by atoms with Gasteiger partial charge in [0.15, 0.2) is 11.5 Å². The van der Waals surface area contributed by atoms with Gasteiger partial charge in [-0.2, -0.15) is 0 Å². The minimum atomic E-state index is 0.195. The van der Waals surface area contributed by atoms with Gasteiger partial charge in [0.05, 0.1) is 17.6 Å². The molecule has 0 aliphatic carbocycles. The number of nitrogens with zero attached hydrogens (tertiary/aromatic N) is 2. The summed E-state index contributed by atoms with van der Waals surface area (Å²) in [7, 11) is 0. The first-order valence-corrected chi connectivity index (χ1v) is 8.83. The molecule has 1 aliphatic heterocycles. The number of fused-ring (bicyclic) bond motifs is 2. The Kier molecular flexibility index (Phi) is 4.32. The van der Waals surface area contributed by atoms with Crippen LogP contribution in [-0.2, 0) is 13.1 Å². The molecule has 0 fully saturated rings. The molecule has 1 N–H and O–H groups in total. The molecule has 130 valence electrons. The zero-order valence-corrected chi connectivity index (χ0v) is 14.7. The number of nitrogens with one attached hydrogen (secondary N) is 1. The van der Waals surface area contributed by atoms with E-state index >= 15 is 0 Å². The van der Waals surface area contributed by atoms with Crippen molar-refractivity contribution in [3.8, 4) is 11.5 Å². The maximum absolute atomic E-state index is 5.68. The molecule has 4 rings (SSSR count). The molecule has 5 heteroatoms. The first kappa shape index (κ1) is 16.0. The van der Waals surface area contributed by atoms with E-state index in [-0.39, 0.29) is 6.04 Å². The molecule has 0 radical (unpaired) electrons. The van der Waals surface area contributed by atoms with Crippen molar-refractivity contribution < 1.29 is 9.47 Å². The van der Waals surface area contributed by atoms with Crippen LogP contribution >= 0.6 is 0 Å². The third kappa shape index (κ3) is 3.07. The number of imidazole rings is 1. The molecule has 2 heterocycles. The van der Waals surface area contributed by atoms with Crippen molar-refractivity contribution in [2.75, 3.05) is 13.2 Å². The number of aromatic nitrogens is 2. The molecule has 0 saturated heterocycles. The predicted octanol–water partition coefficient (Wildman–Crippen LogP) is 3.68. The second-order valence-electron chi connectivity index (χ2n) is 6.27. The van der Waals surface area contributed by atoms with Crippen LogP contribution in [0.15, 0.2) is 42.5 Å². The van der Waals surface area contributed by atoms with Crippen molar-refractivity contribution in [2.24, 2.45) is 0 Å². The number of aryl methyl sites for hydroxylation is 1. The van der Waals surface area contributed by atoms with Gasteiger partial charge in [0.1, 0.15) is 19.0 Å². The topological polar surface area (TPSA) is 48.3 Å². The number of hydrogen-bond donors (Lipinski definition) is 1. The highest BCUT2D eigenvalue weighted by Gasteiger charge is 2.15. The lowest BCUT2D eigenvalue weighted by Crippen LogP contribution is -2.21. The molecule has 2 aromatic carbocycles. The SMILES string of the molecule is CCn1c(CNC(C)c2ccc3c(c2)OCCO3)nc2ccccc21. The van der Waals surface area contributed by atoms with E-state index in [1.807, 2.05) is 12.1 Å². The smallest absolute Gasteiger partial charge is 0.161 e. The Morgan fingerprint density at radius 1 is 1.12 bits per heavy atom. The molecule has 1 atom stereocenters. The fourth-order valence-electron chi connectivity index (χ4n) is 3.30. The van der Waals surface area contributed by atoms with Crippen molar-refractivity contribution in [3.05, 3.63) is 53.9 Å². The fourth-order valence-corrected chi connectivity index (χ4v) is 3.30. The second-order valence-corrected chi connectivity index (χ2v) is 6.27. The highest BCUT2D eigenvalue weighted by Crippen LogP contribution is 2.32. The van der Waals surface area contributed by atoms with E-state index < -0.39 is 0 Å². The average Bonchev–Trinajstić information content (AvgIpc) is 3.03. The summed E-state index contributed by atoms with van der Waals surface area (Å²) in [6, 6.07) is 14.6. The number of rotatable bonds is 5. The van der Waals surface area contributed by atoms with E-state index in [0.29, 0.717) is 13.2 Å². The Morgan fingerprint density at radius 2 is 1.92 bits per heavy atom. The van der Waals surface area contributed by atoms with E-state index in [0.717, 1.165) is 35.9 Å². The lowest BCUT2D eigenvalue weighted by molar-refractivity contribution is 0.171. The van der Waals surface area contributed by atoms with Gasteiger partial charge in [0, 0.05) is 12.6 Å². The van der Waals surface area contributed by atoms with Crippen LogP contribution in [0.5, 0.6) is 11.5 Å². The number of para-hydroxylation sites is 2. The maximum Gasteiger partial charge on any atom is 0.161 e. The zero-order valence-electron chi connectivity index (χ0n) is 14.7. The van der Waals surface area contributed by atoms with E-state index in [2.05, 4.69) is 54.1 Å². The van der Waals surface area contributed by atoms with Gasteiger partial charge in [0.25, 0.3) is 0 Å². The van der Waals surface area contributed by atoms with Crippen molar-refractivity contribution in [1.29, 1.82) is 0 Å². The van der Waals surface area contributed by atoms with Crippen molar-refractivity contribution >= 4 is 11.0 Å². The van der Waals surface area contributed by atoms with Crippen LogP contribution < -0.4 is 14.8 Å². The summed E-state index contributed by atoms with van der Waals surface area (Å²) >= 11 is 0. The van der Waals surface area contributed by atoms with E-state index in [4.69, 9.17) is 14.5 Å². The number of hydrogen-bond acceptors (Lipinski definition) is 4. The molecule has 0 amide bonds. The molecule has 0 spiro atoms. The minimum Gasteiger partial charge on any atom is -0.486 e. The average molecular weight is 337 g/mol. The summed E-state index contributed by atoms with van der Waals surface area (Å²) in [6.07, 6.45) is 0. The summed E-state index contributed by atoms with van der Waals surface area (Å²) in [5.74, 6) is 2.72. The second kappa shape index (κ2) is 6.76. The van der Waals surface area contributed by atoms with Crippen LogP contribution in [0, 0.1) is 0 Å². The summed E-state index contributed by atoms with van der Waals surface area (Å²) in [5, 5.41) is 3.58. The monoisotopic (exact) mass is 337 g/mol. The standard InChI is InChI=1S/C20H23N3O2/c1-3-23-17-7-5-4-6-16(17)22-20(23)13-21-14(2)15-8-9-18-19(12-15)25-11-10-24-18/h4-9,12,14,21H,3,10-11,13H2,1-2H3. The first-order chi connectivity index (χ1) is 12.3. The van der Waals surface area contributed by atoms with Crippen LogP contribution in [-0.4, -0.2) is 22.8 Å². The Labute approximate surface area is 147 Å². The van der Waals surface area contributed by atoms with Crippen LogP contribution in [0.1, 0.15) is 31.3 Å². The van der Waals surface area contributed by atoms with E-state index in [9.17, 15) is 0 Å². The summed E-state index contributed by atoms with van der Waals surface area (Å²) in [5.41, 5.74) is 3.42.